The Hall–Kier alpha value is -1.58. The van der Waals surface area contributed by atoms with Crippen molar-refractivity contribution in [2.45, 2.75) is 52.0 Å². The van der Waals surface area contributed by atoms with Gasteiger partial charge in [-0.3, -0.25) is 4.79 Å². The molecule has 1 aliphatic heterocycles. The molecule has 1 aromatic heterocycles. The summed E-state index contributed by atoms with van der Waals surface area (Å²) in [6, 6.07) is 3.93. The number of nitrogens with zero attached hydrogens (tertiary/aromatic N) is 2. The van der Waals surface area contributed by atoms with Crippen molar-refractivity contribution in [3.8, 4) is 0 Å². The third-order valence-electron chi connectivity index (χ3n) is 3.79. The van der Waals surface area contributed by atoms with Crippen LogP contribution in [0.3, 0.4) is 0 Å². The molecule has 110 valence electrons. The van der Waals surface area contributed by atoms with E-state index >= 15 is 0 Å². The van der Waals surface area contributed by atoms with Gasteiger partial charge in [-0.25, -0.2) is 4.98 Å². The maximum Gasteiger partial charge on any atom is 0.255 e. The van der Waals surface area contributed by atoms with Crippen LogP contribution in [0.2, 0.25) is 0 Å². The van der Waals surface area contributed by atoms with E-state index in [0.717, 1.165) is 31.7 Å². The molecular formula is C16H25N3O. The topological polar surface area (TPSA) is 45.2 Å². The van der Waals surface area contributed by atoms with Gasteiger partial charge in [0.25, 0.3) is 5.91 Å². The molecule has 0 aliphatic carbocycles. The largest absolute Gasteiger partial charge is 0.356 e. The van der Waals surface area contributed by atoms with Gasteiger partial charge in [-0.2, -0.15) is 0 Å². The number of hydrogen-bond donors (Lipinski definition) is 1. The summed E-state index contributed by atoms with van der Waals surface area (Å²) in [5.74, 6) is 0.841. The number of amides is 1. The van der Waals surface area contributed by atoms with E-state index in [-0.39, 0.29) is 11.9 Å². The number of hydrogen-bond acceptors (Lipinski definition) is 3. The first-order valence-electron chi connectivity index (χ1n) is 7.73. The molecule has 0 radical (unpaired) electrons. The monoisotopic (exact) mass is 275 g/mol. The fourth-order valence-corrected chi connectivity index (χ4v) is 2.74. The van der Waals surface area contributed by atoms with Crippen molar-refractivity contribution in [3.63, 3.8) is 0 Å². The summed E-state index contributed by atoms with van der Waals surface area (Å²) in [6.07, 6.45) is 7.50. The Morgan fingerprint density at radius 3 is 2.85 bits per heavy atom. The van der Waals surface area contributed by atoms with E-state index in [4.69, 9.17) is 0 Å². The highest BCUT2D eigenvalue weighted by Crippen LogP contribution is 2.21. The zero-order valence-corrected chi connectivity index (χ0v) is 12.6. The molecule has 2 heterocycles. The molecule has 2 rings (SSSR count). The van der Waals surface area contributed by atoms with Crippen LogP contribution in [0.15, 0.2) is 18.3 Å². The predicted octanol–water partition coefficient (Wildman–Crippen LogP) is 2.99. The lowest BCUT2D eigenvalue weighted by Gasteiger charge is -2.29. The molecule has 1 fully saturated rings. The second-order valence-electron chi connectivity index (χ2n) is 5.59. The minimum absolute atomic E-state index is 0.000349. The van der Waals surface area contributed by atoms with Crippen molar-refractivity contribution in [3.05, 3.63) is 23.9 Å². The molecule has 1 amide bonds. The highest BCUT2D eigenvalue weighted by atomic mass is 16.1. The normalized spacial score (nSPS) is 16.8. The fraction of sp³-hybridized carbons (Fsp3) is 0.625. The van der Waals surface area contributed by atoms with Crippen LogP contribution in [0, 0.1) is 0 Å². The van der Waals surface area contributed by atoms with Crippen LogP contribution in [0.4, 0.5) is 5.82 Å². The third kappa shape index (κ3) is 3.71. The quantitative estimate of drug-likeness (QED) is 0.898. The molecule has 0 bridgehead atoms. The number of aromatic nitrogens is 1. The predicted molar refractivity (Wildman–Crippen MR) is 82.1 cm³/mol. The fourth-order valence-electron chi connectivity index (χ4n) is 2.74. The van der Waals surface area contributed by atoms with Crippen LogP contribution in [0.25, 0.3) is 0 Å². The molecule has 1 unspecified atom stereocenters. The minimum Gasteiger partial charge on any atom is -0.356 e. The molecule has 20 heavy (non-hydrogen) atoms. The van der Waals surface area contributed by atoms with Crippen molar-refractivity contribution < 1.29 is 4.79 Å². The lowest BCUT2D eigenvalue weighted by atomic mass is 10.1. The second kappa shape index (κ2) is 7.27. The molecule has 1 aliphatic rings. The maximum atomic E-state index is 12.4. The van der Waals surface area contributed by atoms with Gasteiger partial charge in [-0.15, -0.1) is 0 Å². The van der Waals surface area contributed by atoms with Crippen LogP contribution in [0.1, 0.15) is 56.3 Å². The van der Waals surface area contributed by atoms with Gasteiger partial charge in [0.05, 0.1) is 5.56 Å². The summed E-state index contributed by atoms with van der Waals surface area (Å²) >= 11 is 0. The van der Waals surface area contributed by atoms with E-state index in [1.54, 1.807) is 6.20 Å². The number of carbonyl (C=O) groups is 1. The van der Waals surface area contributed by atoms with E-state index < -0.39 is 0 Å². The number of anilines is 1. The molecule has 1 saturated heterocycles. The van der Waals surface area contributed by atoms with Crippen LogP contribution >= 0.6 is 0 Å². The molecule has 1 N–H and O–H groups in total. The average Bonchev–Trinajstić information content (AvgIpc) is 2.48. The zero-order chi connectivity index (χ0) is 14.4. The summed E-state index contributed by atoms with van der Waals surface area (Å²) < 4.78 is 0. The van der Waals surface area contributed by atoms with Crippen molar-refractivity contribution in [1.29, 1.82) is 0 Å². The lowest BCUT2D eigenvalue weighted by molar-refractivity contribution is 0.0938. The van der Waals surface area contributed by atoms with E-state index in [1.165, 1.54) is 19.3 Å². The Morgan fingerprint density at radius 1 is 1.40 bits per heavy atom. The van der Waals surface area contributed by atoms with Gasteiger partial charge in [0, 0.05) is 25.3 Å². The molecule has 1 atom stereocenters. The van der Waals surface area contributed by atoms with Gasteiger partial charge < -0.3 is 10.2 Å². The van der Waals surface area contributed by atoms with Crippen LogP contribution in [0.5, 0.6) is 0 Å². The minimum atomic E-state index is -0.000349. The first kappa shape index (κ1) is 14.8. The Labute approximate surface area is 121 Å². The number of nitrogens with one attached hydrogen (secondary N) is 1. The van der Waals surface area contributed by atoms with Crippen molar-refractivity contribution in [2.75, 3.05) is 18.0 Å². The first-order chi connectivity index (χ1) is 9.72. The summed E-state index contributed by atoms with van der Waals surface area (Å²) in [5, 5.41) is 3.07. The smallest absolute Gasteiger partial charge is 0.255 e. The number of carbonyl (C=O) groups excluding carboxylic acids is 1. The van der Waals surface area contributed by atoms with Crippen molar-refractivity contribution in [2.24, 2.45) is 0 Å². The number of rotatable bonds is 5. The maximum absolute atomic E-state index is 12.4. The Balaban J connectivity index is 2.12. The Kier molecular flexibility index (Phi) is 5.39. The first-order valence-corrected chi connectivity index (χ1v) is 7.73. The van der Waals surface area contributed by atoms with Gasteiger partial charge in [0.15, 0.2) is 0 Å². The van der Waals surface area contributed by atoms with E-state index in [2.05, 4.69) is 29.0 Å². The van der Waals surface area contributed by atoms with Crippen molar-refractivity contribution >= 4 is 11.7 Å². The van der Waals surface area contributed by atoms with Crippen LogP contribution in [-0.4, -0.2) is 30.0 Å². The molecule has 0 spiro atoms. The summed E-state index contributed by atoms with van der Waals surface area (Å²) in [4.78, 5) is 19.1. The molecule has 4 heteroatoms. The average molecular weight is 275 g/mol. The van der Waals surface area contributed by atoms with Crippen LogP contribution < -0.4 is 10.2 Å². The van der Waals surface area contributed by atoms with Gasteiger partial charge in [-0.05, 0) is 44.7 Å². The zero-order valence-electron chi connectivity index (χ0n) is 12.6. The third-order valence-corrected chi connectivity index (χ3v) is 3.79. The van der Waals surface area contributed by atoms with Crippen LogP contribution in [-0.2, 0) is 0 Å². The SMILES string of the molecule is CCCC(C)NC(=O)c1cccnc1N1CCCCC1. The highest BCUT2D eigenvalue weighted by Gasteiger charge is 2.20. The van der Waals surface area contributed by atoms with Gasteiger partial charge >= 0.3 is 0 Å². The highest BCUT2D eigenvalue weighted by molar-refractivity contribution is 5.99. The summed E-state index contributed by atoms with van der Waals surface area (Å²) in [7, 11) is 0. The van der Waals surface area contributed by atoms with Crippen molar-refractivity contribution in [1.82, 2.24) is 10.3 Å². The summed E-state index contributed by atoms with van der Waals surface area (Å²) in [6.45, 7) is 6.19. The lowest BCUT2D eigenvalue weighted by Crippen LogP contribution is -2.36. The number of pyridine rings is 1. The molecule has 4 nitrogen and oxygen atoms in total. The van der Waals surface area contributed by atoms with Gasteiger partial charge in [0.1, 0.15) is 5.82 Å². The molecule has 1 aromatic rings. The van der Waals surface area contributed by atoms with Gasteiger partial charge in [-0.1, -0.05) is 13.3 Å². The van der Waals surface area contributed by atoms with E-state index in [9.17, 15) is 4.79 Å². The molecular weight excluding hydrogens is 250 g/mol. The molecule has 0 saturated carbocycles. The van der Waals surface area contributed by atoms with E-state index in [0.29, 0.717) is 5.56 Å². The van der Waals surface area contributed by atoms with Gasteiger partial charge in [0.2, 0.25) is 0 Å². The standard InChI is InChI=1S/C16H25N3O/c1-3-8-13(2)18-16(20)14-9-7-10-17-15(14)19-11-5-4-6-12-19/h7,9-10,13H,3-6,8,11-12H2,1-2H3,(H,18,20). The Morgan fingerprint density at radius 2 is 2.15 bits per heavy atom. The summed E-state index contributed by atoms with van der Waals surface area (Å²) in [5.41, 5.74) is 0.706. The number of piperidine rings is 1. The molecule has 0 aromatic carbocycles. The Bertz CT molecular complexity index is 441. The van der Waals surface area contributed by atoms with E-state index in [1.807, 2.05) is 12.1 Å². The second-order valence-corrected chi connectivity index (χ2v) is 5.59.